The van der Waals surface area contributed by atoms with Gasteiger partial charge in [-0.2, -0.15) is 0 Å². The average molecular weight is 278 g/mol. The van der Waals surface area contributed by atoms with Crippen molar-refractivity contribution in [3.05, 3.63) is 35.5 Å². The molecule has 19 heavy (non-hydrogen) atoms. The monoisotopic (exact) mass is 277 g/mol. The summed E-state index contributed by atoms with van der Waals surface area (Å²) >= 11 is 6.05. The SMILES string of the molecule is CC(CCN)C(=O)Nc1cc(Cl)cc2cccnc12. The maximum absolute atomic E-state index is 12.0. The molecule has 1 aromatic heterocycles. The molecule has 0 aliphatic heterocycles. The zero-order valence-corrected chi connectivity index (χ0v) is 11.4. The number of anilines is 1. The van der Waals surface area contributed by atoms with E-state index >= 15 is 0 Å². The fourth-order valence-corrected chi connectivity index (χ4v) is 2.11. The van der Waals surface area contributed by atoms with Gasteiger partial charge in [0.15, 0.2) is 0 Å². The molecule has 1 heterocycles. The van der Waals surface area contributed by atoms with Crippen LogP contribution in [0.5, 0.6) is 0 Å². The van der Waals surface area contributed by atoms with Crippen LogP contribution in [-0.2, 0) is 4.79 Å². The number of aromatic nitrogens is 1. The second-order valence-corrected chi connectivity index (χ2v) is 4.93. The molecular formula is C14H16ClN3O. The van der Waals surface area contributed by atoms with Crippen LogP contribution >= 0.6 is 11.6 Å². The molecule has 1 aromatic carbocycles. The third-order valence-electron chi connectivity index (χ3n) is 2.97. The highest BCUT2D eigenvalue weighted by Crippen LogP contribution is 2.26. The van der Waals surface area contributed by atoms with Crippen LogP contribution in [0.4, 0.5) is 5.69 Å². The van der Waals surface area contributed by atoms with Crippen molar-refractivity contribution < 1.29 is 4.79 Å². The van der Waals surface area contributed by atoms with E-state index in [2.05, 4.69) is 10.3 Å². The van der Waals surface area contributed by atoms with E-state index in [1.165, 1.54) is 0 Å². The number of rotatable bonds is 4. The molecule has 0 bridgehead atoms. The van der Waals surface area contributed by atoms with E-state index in [1.54, 1.807) is 12.3 Å². The summed E-state index contributed by atoms with van der Waals surface area (Å²) in [5.41, 5.74) is 6.83. The van der Waals surface area contributed by atoms with Crippen LogP contribution in [0.2, 0.25) is 5.02 Å². The van der Waals surface area contributed by atoms with Crippen molar-refractivity contribution in [2.24, 2.45) is 11.7 Å². The smallest absolute Gasteiger partial charge is 0.227 e. The summed E-state index contributed by atoms with van der Waals surface area (Å²) in [7, 11) is 0. The zero-order chi connectivity index (χ0) is 13.8. The van der Waals surface area contributed by atoms with E-state index in [1.807, 2.05) is 25.1 Å². The van der Waals surface area contributed by atoms with Gasteiger partial charge in [-0.05, 0) is 31.2 Å². The molecule has 0 radical (unpaired) electrons. The summed E-state index contributed by atoms with van der Waals surface area (Å²) in [4.78, 5) is 16.3. The van der Waals surface area contributed by atoms with E-state index in [9.17, 15) is 4.79 Å². The van der Waals surface area contributed by atoms with Gasteiger partial charge in [0, 0.05) is 22.5 Å². The summed E-state index contributed by atoms with van der Waals surface area (Å²) < 4.78 is 0. The molecule has 0 aliphatic carbocycles. The van der Waals surface area contributed by atoms with Crippen molar-refractivity contribution in [1.82, 2.24) is 4.98 Å². The molecule has 0 fully saturated rings. The van der Waals surface area contributed by atoms with Crippen LogP contribution in [0, 0.1) is 5.92 Å². The van der Waals surface area contributed by atoms with Crippen LogP contribution in [0.25, 0.3) is 10.9 Å². The molecule has 1 atom stereocenters. The second-order valence-electron chi connectivity index (χ2n) is 4.50. The number of halogens is 1. The number of nitrogens with one attached hydrogen (secondary N) is 1. The van der Waals surface area contributed by atoms with Crippen LogP contribution in [0.1, 0.15) is 13.3 Å². The van der Waals surface area contributed by atoms with Gasteiger partial charge in [0.2, 0.25) is 5.91 Å². The Kier molecular flexibility index (Phi) is 4.35. The molecule has 100 valence electrons. The standard InChI is InChI=1S/C14H16ClN3O/c1-9(4-5-16)14(19)18-12-8-11(15)7-10-3-2-6-17-13(10)12/h2-3,6-9H,4-5,16H2,1H3,(H,18,19). The molecule has 0 spiro atoms. The first-order chi connectivity index (χ1) is 9.11. The van der Waals surface area contributed by atoms with E-state index in [4.69, 9.17) is 17.3 Å². The Hall–Kier alpha value is -1.65. The first-order valence-electron chi connectivity index (χ1n) is 6.17. The van der Waals surface area contributed by atoms with Gasteiger partial charge in [0.1, 0.15) is 0 Å². The summed E-state index contributed by atoms with van der Waals surface area (Å²) in [6.45, 7) is 2.34. The molecular weight excluding hydrogens is 262 g/mol. The number of fused-ring (bicyclic) bond motifs is 1. The van der Waals surface area contributed by atoms with Gasteiger partial charge in [0.25, 0.3) is 0 Å². The number of nitrogens with zero attached hydrogens (tertiary/aromatic N) is 1. The van der Waals surface area contributed by atoms with Gasteiger partial charge in [-0.3, -0.25) is 9.78 Å². The Morgan fingerprint density at radius 3 is 3.05 bits per heavy atom. The Balaban J connectivity index is 2.32. The van der Waals surface area contributed by atoms with Gasteiger partial charge in [-0.25, -0.2) is 0 Å². The summed E-state index contributed by atoms with van der Waals surface area (Å²) in [6.07, 6.45) is 2.34. The molecule has 3 N–H and O–H groups in total. The fraction of sp³-hybridized carbons (Fsp3) is 0.286. The number of benzene rings is 1. The normalized spacial score (nSPS) is 12.4. The minimum absolute atomic E-state index is 0.0698. The number of hydrogen-bond donors (Lipinski definition) is 2. The third kappa shape index (κ3) is 3.22. The molecule has 5 heteroatoms. The molecule has 0 saturated heterocycles. The Labute approximate surface area is 117 Å². The fourth-order valence-electron chi connectivity index (χ4n) is 1.89. The zero-order valence-electron chi connectivity index (χ0n) is 10.7. The molecule has 0 saturated carbocycles. The molecule has 1 unspecified atom stereocenters. The Morgan fingerprint density at radius 1 is 1.53 bits per heavy atom. The van der Waals surface area contributed by atoms with Crippen molar-refractivity contribution >= 4 is 34.1 Å². The van der Waals surface area contributed by atoms with Crippen molar-refractivity contribution in [1.29, 1.82) is 0 Å². The largest absolute Gasteiger partial charge is 0.330 e. The van der Waals surface area contributed by atoms with Crippen molar-refractivity contribution in [3.63, 3.8) is 0 Å². The number of pyridine rings is 1. The number of carbonyl (C=O) groups excluding carboxylic acids is 1. The average Bonchev–Trinajstić information content (AvgIpc) is 2.38. The number of nitrogens with two attached hydrogens (primary N) is 1. The topological polar surface area (TPSA) is 68.0 Å². The van der Waals surface area contributed by atoms with Gasteiger partial charge in [-0.15, -0.1) is 0 Å². The molecule has 0 aliphatic rings. The quantitative estimate of drug-likeness (QED) is 0.903. The summed E-state index contributed by atoms with van der Waals surface area (Å²) in [6, 6.07) is 7.28. The van der Waals surface area contributed by atoms with Crippen molar-refractivity contribution in [2.75, 3.05) is 11.9 Å². The first kappa shape index (κ1) is 13.8. The lowest BCUT2D eigenvalue weighted by Gasteiger charge is -2.13. The predicted octanol–water partition coefficient (Wildman–Crippen LogP) is 2.81. The summed E-state index contributed by atoms with van der Waals surface area (Å²) in [5.74, 6) is -0.206. The van der Waals surface area contributed by atoms with E-state index in [0.29, 0.717) is 23.7 Å². The number of carbonyl (C=O) groups is 1. The minimum Gasteiger partial charge on any atom is -0.330 e. The van der Waals surface area contributed by atoms with Crippen LogP contribution in [0.15, 0.2) is 30.5 Å². The van der Waals surface area contributed by atoms with Crippen LogP contribution in [0.3, 0.4) is 0 Å². The highest BCUT2D eigenvalue weighted by atomic mass is 35.5. The van der Waals surface area contributed by atoms with Gasteiger partial charge in [-0.1, -0.05) is 24.6 Å². The maximum atomic E-state index is 12.0. The second kappa shape index (κ2) is 5.99. The highest BCUT2D eigenvalue weighted by molar-refractivity contribution is 6.32. The van der Waals surface area contributed by atoms with E-state index < -0.39 is 0 Å². The number of amides is 1. The lowest BCUT2D eigenvalue weighted by Crippen LogP contribution is -2.22. The highest BCUT2D eigenvalue weighted by Gasteiger charge is 2.14. The third-order valence-corrected chi connectivity index (χ3v) is 3.19. The van der Waals surface area contributed by atoms with E-state index in [0.717, 1.165) is 10.9 Å². The van der Waals surface area contributed by atoms with Crippen LogP contribution < -0.4 is 11.1 Å². The Morgan fingerprint density at radius 2 is 2.32 bits per heavy atom. The predicted molar refractivity (Wildman–Crippen MR) is 78.2 cm³/mol. The Bertz CT molecular complexity index is 600. The van der Waals surface area contributed by atoms with Gasteiger partial charge < -0.3 is 11.1 Å². The van der Waals surface area contributed by atoms with Crippen LogP contribution in [-0.4, -0.2) is 17.4 Å². The van der Waals surface area contributed by atoms with Crippen molar-refractivity contribution in [3.8, 4) is 0 Å². The molecule has 2 rings (SSSR count). The molecule has 4 nitrogen and oxygen atoms in total. The summed E-state index contributed by atoms with van der Waals surface area (Å²) in [5, 5.41) is 4.34. The van der Waals surface area contributed by atoms with E-state index in [-0.39, 0.29) is 11.8 Å². The van der Waals surface area contributed by atoms with Crippen molar-refractivity contribution in [2.45, 2.75) is 13.3 Å². The molecule has 2 aromatic rings. The van der Waals surface area contributed by atoms with Gasteiger partial charge in [0.05, 0.1) is 11.2 Å². The maximum Gasteiger partial charge on any atom is 0.227 e. The van der Waals surface area contributed by atoms with Gasteiger partial charge >= 0.3 is 0 Å². The minimum atomic E-state index is -0.136. The first-order valence-corrected chi connectivity index (χ1v) is 6.55. The number of hydrogen-bond acceptors (Lipinski definition) is 3. The lowest BCUT2D eigenvalue weighted by molar-refractivity contribution is -0.119. The lowest BCUT2D eigenvalue weighted by atomic mass is 10.1. The molecule has 1 amide bonds.